The minimum absolute atomic E-state index is 0.0515. The van der Waals surface area contributed by atoms with E-state index in [4.69, 9.17) is 0 Å². The first-order valence-corrected chi connectivity index (χ1v) is 9.72. The van der Waals surface area contributed by atoms with Crippen LogP contribution in [0.5, 0.6) is 0 Å². The van der Waals surface area contributed by atoms with Crippen LogP contribution in [-0.2, 0) is 16.6 Å². The summed E-state index contributed by atoms with van der Waals surface area (Å²) in [5, 5.41) is 6.69. The molecule has 2 amide bonds. The summed E-state index contributed by atoms with van der Waals surface area (Å²) in [7, 11) is 5.95. The number of amides is 2. The zero-order valence-electron chi connectivity index (χ0n) is 17.3. The van der Waals surface area contributed by atoms with Crippen molar-refractivity contribution in [1.82, 2.24) is 20.1 Å². The summed E-state index contributed by atoms with van der Waals surface area (Å²) in [5.41, 5.74) is 3.21. The van der Waals surface area contributed by atoms with Crippen LogP contribution in [-0.4, -0.2) is 41.9 Å². The van der Waals surface area contributed by atoms with Crippen molar-refractivity contribution in [3.05, 3.63) is 71.9 Å². The Morgan fingerprint density at radius 3 is 2.34 bits per heavy atom. The molecule has 0 saturated carbocycles. The topological polar surface area (TPSA) is 66.4 Å². The second-order valence-corrected chi connectivity index (χ2v) is 7.51. The van der Waals surface area contributed by atoms with Crippen LogP contribution in [0, 0.1) is 0 Å². The van der Waals surface area contributed by atoms with Gasteiger partial charge in [-0.1, -0.05) is 48.5 Å². The van der Waals surface area contributed by atoms with Crippen LogP contribution in [0.1, 0.15) is 30.1 Å². The van der Waals surface area contributed by atoms with Gasteiger partial charge < -0.3 is 20.1 Å². The van der Waals surface area contributed by atoms with E-state index in [9.17, 15) is 9.59 Å². The van der Waals surface area contributed by atoms with E-state index in [1.54, 1.807) is 0 Å². The molecule has 0 aliphatic heterocycles. The highest BCUT2D eigenvalue weighted by atomic mass is 16.2. The standard InChI is InChI=1S/C23H28N4O2/c1-16(17-10-6-5-7-11-17)25-23(29)22(28)24-14-21(26(2)3)19-15-27(4)20-13-9-8-12-18(19)20/h5-13,15-16,21H,14H2,1-4H3,(H,24,28)(H,25,29). The van der Waals surface area contributed by atoms with Crippen molar-refractivity contribution in [2.24, 2.45) is 7.05 Å². The molecule has 29 heavy (non-hydrogen) atoms. The first-order chi connectivity index (χ1) is 13.9. The van der Waals surface area contributed by atoms with E-state index in [0.717, 1.165) is 22.0 Å². The second-order valence-electron chi connectivity index (χ2n) is 7.51. The molecule has 1 aromatic heterocycles. The van der Waals surface area contributed by atoms with Crippen LogP contribution in [0.3, 0.4) is 0 Å². The van der Waals surface area contributed by atoms with Crippen molar-refractivity contribution in [1.29, 1.82) is 0 Å². The molecule has 0 fully saturated rings. The van der Waals surface area contributed by atoms with Gasteiger partial charge in [-0.15, -0.1) is 0 Å². The fraction of sp³-hybridized carbons (Fsp3) is 0.304. The van der Waals surface area contributed by atoms with Gasteiger partial charge in [0.2, 0.25) is 0 Å². The molecule has 0 saturated heterocycles. The molecule has 2 aromatic carbocycles. The van der Waals surface area contributed by atoms with Gasteiger partial charge in [-0.25, -0.2) is 0 Å². The summed E-state index contributed by atoms with van der Waals surface area (Å²) < 4.78 is 2.08. The van der Waals surface area contributed by atoms with Gasteiger partial charge in [-0.2, -0.15) is 0 Å². The van der Waals surface area contributed by atoms with Crippen molar-refractivity contribution >= 4 is 22.7 Å². The van der Waals surface area contributed by atoms with E-state index in [1.165, 1.54) is 0 Å². The molecule has 2 atom stereocenters. The van der Waals surface area contributed by atoms with Gasteiger partial charge >= 0.3 is 11.8 Å². The van der Waals surface area contributed by atoms with Gasteiger partial charge in [0.15, 0.2) is 0 Å². The molecule has 6 nitrogen and oxygen atoms in total. The van der Waals surface area contributed by atoms with Crippen LogP contribution in [0.25, 0.3) is 10.9 Å². The molecule has 2 N–H and O–H groups in total. The van der Waals surface area contributed by atoms with Crippen molar-refractivity contribution in [3.63, 3.8) is 0 Å². The third-order valence-electron chi connectivity index (χ3n) is 5.22. The summed E-state index contributed by atoms with van der Waals surface area (Å²) in [4.78, 5) is 26.8. The molecule has 1 heterocycles. The van der Waals surface area contributed by atoms with Gasteiger partial charge in [0, 0.05) is 30.7 Å². The lowest BCUT2D eigenvalue weighted by atomic mass is 10.0. The first kappa shape index (κ1) is 20.6. The molecule has 0 spiro atoms. The number of fused-ring (bicyclic) bond motifs is 1. The Bertz CT molecular complexity index is 995. The number of hydrogen-bond acceptors (Lipinski definition) is 3. The predicted octanol–water partition coefficient (Wildman–Crippen LogP) is 2.77. The molecule has 0 bridgehead atoms. The Kier molecular flexibility index (Phi) is 6.34. The lowest BCUT2D eigenvalue weighted by Gasteiger charge is -2.24. The van der Waals surface area contributed by atoms with Crippen molar-refractivity contribution < 1.29 is 9.59 Å². The first-order valence-electron chi connectivity index (χ1n) is 9.72. The van der Waals surface area contributed by atoms with E-state index in [-0.39, 0.29) is 12.1 Å². The fourth-order valence-electron chi connectivity index (χ4n) is 3.57. The van der Waals surface area contributed by atoms with Gasteiger partial charge in [-0.05, 0) is 38.2 Å². The van der Waals surface area contributed by atoms with Crippen LogP contribution >= 0.6 is 0 Å². The highest BCUT2D eigenvalue weighted by Crippen LogP contribution is 2.28. The van der Waals surface area contributed by atoms with Gasteiger partial charge in [0.25, 0.3) is 0 Å². The van der Waals surface area contributed by atoms with Crippen LogP contribution < -0.4 is 10.6 Å². The quantitative estimate of drug-likeness (QED) is 0.634. The Morgan fingerprint density at radius 1 is 1.00 bits per heavy atom. The summed E-state index contributed by atoms with van der Waals surface area (Å²) in [6.07, 6.45) is 2.08. The maximum atomic E-state index is 12.4. The average molecular weight is 393 g/mol. The number of benzene rings is 2. The molecular weight excluding hydrogens is 364 g/mol. The molecule has 152 valence electrons. The SMILES string of the molecule is CC(NC(=O)C(=O)NCC(c1cn(C)c2ccccc12)N(C)C)c1ccccc1. The number of hydrogen-bond donors (Lipinski definition) is 2. The predicted molar refractivity (Wildman–Crippen MR) is 115 cm³/mol. The van der Waals surface area contributed by atoms with Crippen molar-refractivity contribution in [2.45, 2.75) is 19.0 Å². The van der Waals surface area contributed by atoms with E-state index >= 15 is 0 Å². The third-order valence-corrected chi connectivity index (χ3v) is 5.22. The smallest absolute Gasteiger partial charge is 0.309 e. The van der Waals surface area contributed by atoms with Crippen LogP contribution in [0.15, 0.2) is 60.8 Å². The largest absolute Gasteiger partial charge is 0.350 e. The minimum Gasteiger partial charge on any atom is -0.350 e. The lowest BCUT2D eigenvalue weighted by Crippen LogP contribution is -2.43. The summed E-state index contributed by atoms with van der Waals surface area (Å²) in [5.74, 6) is -1.25. The number of nitrogens with one attached hydrogen (secondary N) is 2. The molecule has 0 radical (unpaired) electrons. The number of aromatic nitrogens is 1. The molecule has 6 heteroatoms. The van der Waals surface area contributed by atoms with E-state index < -0.39 is 11.8 Å². The normalized spacial score (nSPS) is 13.3. The van der Waals surface area contributed by atoms with Gasteiger partial charge in [0.1, 0.15) is 0 Å². The fourth-order valence-corrected chi connectivity index (χ4v) is 3.57. The molecule has 3 rings (SSSR count). The number of aryl methyl sites for hydroxylation is 1. The molecule has 3 aromatic rings. The number of carbonyl (C=O) groups is 2. The summed E-state index contributed by atoms with van der Waals surface area (Å²) >= 11 is 0. The van der Waals surface area contributed by atoms with Crippen LogP contribution in [0.4, 0.5) is 0 Å². The van der Waals surface area contributed by atoms with E-state index in [2.05, 4.69) is 33.5 Å². The van der Waals surface area contributed by atoms with Crippen molar-refractivity contribution in [3.8, 4) is 0 Å². The number of para-hydroxylation sites is 1. The maximum absolute atomic E-state index is 12.4. The van der Waals surface area contributed by atoms with E-state index in [0.29, 0.717) is 6.54 Å². The minimum atomic E-state index is -0.628. The number of likely N-dealkylation sites (N-methyl/N-ethyl adjacent to an activating group) is 1. The highest BCUT2D eigenvalue weighted by molar-refractivity contribution is 6.35. The second kappa shape index (κ2) is 8.92. The molecular formula is C23H28N4O2. The Morgan fingerprint density at radius 2 is 1.66 bits per heavy atom. The number of rotatable bonds is 6. The zero-order valence-corrected chi connectivity index (χ0v) is 17.3. The Balaban J connectivity index is 1.67. The molecule has 0 aliphatic carbocycles. The van der Waals surface area contributed by atoms with E-state index in [1.807, 2.05) is 75.4 Å². The third kappa shape index (κ3) is 4.66. The zero-order chi connectivity index (χ0) is 21.0. The molecule has 2 unspecified atom stereocenters. The van der Waals surface area contributed by atoms with Crippen molar-refractivity contribution in [2.75, 3.05) is 20.6 Å². The number of nitrogens with zero attached hydrogens (tertiary/aromatic N) is 2. The Hall–Kier alpha value is -3.12. The lowest BCUT2D eigenvalue weighted by molar-refractivity contribution is -0.139. The van der Waals surface area contributed by atoms with Gasteiger partial charge in [-0.3, -0.25) is 9.59 Å². The number of carbonyl (C=O) groups excluding carboxylic acids is 2. The van der Waals surface area contributed by atoms with Gasteiger partial charge in [0.05, 0.1) is 12.1 Å². The maximum Gasteiger partial charge on any atom is 0.309 e. The monoisotopic (exact) mass is 392 g/mol. The molecule has 0 aliphatic rings. The average Bonchev–Trinajstić information content (AvgIpc) is 3.05. The Labute approximate surface area is 171 Å². The van der Waals surface area contributed by atoms with Crippen LogP contribution in [0.2, 0.25) is 0 Å². The highest BCUT2D eigenvalue weighted by Gasteiger charge is 2.22. The summed E-state index contributed by atoms with van der Waals surface area (Å²) in [6.45, 7) is 2.20. The summed E-state index contributed by atoms with van der Waals surface area (Å²) in [6, 6.07) is 17.5.